The third kappa shape index (κ3) is 5.94. The first-order valence-corrected chi connectivity index (χ1v) is 9.00. The second-order valence-electron chi connectivity index (χ2n) is 5.86. The highest BCUT2D eigenvalue weighted by Crippen LogP contribution is 2.27. The molecule has 1 fully saturated rings. The Labute approximate surface area is 129 Å². The van der Waals surface area contributed by atoms with Crippen molar-refractivity contribution in [1.82, 2.24) is 10.2 Å². The molecular formula is C15H25BrN2S. The number of rotatable bonds is 9. The zero-order chi connectivity index (χ0) is 13.7. The lowest BCUT2D eigenvalue weighted by atomic mass is 10.1. The van der Waals surface area contributed by atoms with Crippen LogP contribution in [0.4, 0.5) is 0 Å². The van der Waals surface area contributed by atoms with Gasteiger partial charge in [0, 0.05) is 40.4 Å². The van der Waals surface area contributed by atoms with Gasteiger partial charge < -0.3 is 5.32 Å². The largest absolute Gasteiger partial charge is 0.311 e. The van der Waals surface area contributed by atoms with Crippen molar-refractivity contribution in [3.63, 3.8) is 0 Å². The van der Waals surface area contributed by atoms with E-state index in [-0.39, 0.29) is 0 Å². The Hall–Kier alpha value is 0.1000. The van der Waals surface area contributed by atoms with Crippen molar-refractivity contribution in [1.29, 1.82) is 0 Å². The van der Waals surface area contributed by atoms with Crippen molar-refractivity contribution < 1.29 is 0 Å². The predicted octanol–water partition coefficient (Wildman–Crippen LogP) is 4.11. The van der Waals surface area contributed by atoms with Crippen molar-refractivity contribution >= 4 is 27.3 Å². The normalized spacial score (nSPS) is 15.6. The summed E-state index contributed by atoms with van der Waals surface area (Å²) in [5.41, 5.74) is 0. The Morgan fingerprint density at radius 1 is 1.42 bits per heavy atom. The quantitative estimate of drug-likeness (QED) is 0.678. The van der Waals surface area contributed by atoms with Crippen LogP contribution in [0.15, 0.2) is 15.9 Å². The van der Waals surface area contributed by atoms with Crippen LogP contribution < -0.4 is 5.32 Å². The summed E-state index contributed by atoms with van der Waals surface area (Å²) in [5.74, 6) is 0.817. The number of halogens is 1. The molecule has 1 saturated carbocycles. The number of nitrogens with zero attached hydrogens (tertiary/aromatic N) is 1. The molecule has 4 heteroatoms. The topological polar surface area (TPSA) is 15.3 Å². The van der Waals surface area contributed by atoms with Crippen molar-refractivity contribution in [2.24, 2.45) is 5.92 Å². The first kappa shape index (κ1) is 15.5. The molecule has 108 valence electrons. The fourth-order valence-corrected chi connectivity index (χ4v) is 3.64. The standard InChI is InChI=1S/C15H25BrN2S/c1-12(2)5-7-18(14-3-4-14)8-6-17-10-15-9-13(16)11-19-15/h9,11-12,14,17H,3-8,10H2,1-2H3. The van der Waals surface area contributed by atoms with Gasteiger partial charge in [-0.1, -0.05) is 13.8 Å². The molecule has 0 aliphatic heterocycles. The Morgan fingerprint density at radius 3 is 2.79 bits per heavy atom. The molecule has 0 spiro atoms. The van der Waals surface area contributed by atoms with Crippen molar-refractivity contribution in [3.8, 4) is 0 Å². The molecule has 2 nitrogen and oxygen atoms in total. The van der Waals surface area contributed by atoms with Gasteiger partial charge in [-0.3, -0.25) is 4.90 Å². The first-order chi connectivity index (χ1) is 9.15. The van der Waals surface area contributed by atoms with Crippen molar-refractivity contribution in [3.05, 3.63) is 20.8 Å². The molecule has 0 bridgehead atoms. The Kier molecular flexibility index (Phi) is 6.33. The smallest absolute Gasteiger partial charge is 0.0300 e. The van der Waals surface area contributed by atoms with Crippen LogP contribution in [-0.4, -0.2) is 30.6 Å². The summed E-state index contributed by atoms with van der Waals surface area (Å²) in [6.45, 7) is 9.21. The van der Waals surface area contributed by atoms with Crippen LogP contribution in [0.5, 0.6) is 0 Å². The number of thiophene rings is 1. The number of hydrogen-bond donors (Lipinski definition) is 1. The molecule has 0 radical (unpaired) electrons. The Morgan fingerprint density at radius 2 is 2.21 bits per heavy atom. The first-order valence-electron chi connectivity index (χ1n) is 7.33. The highest BCUT2D eigenvalue weighted by atomic mass is 79.9. The molecule has 1 aromatic rings. The van der Waals surface area contributed by atoms with E-state index in [1.54, 1.807) is 0 Å². The van der Waals surface area contributed by atoms with Gasteiger partial charge in [0.1, 0.15) is 0 Å². The second-order valence-corrected chi connectivity index (χ2v) is 7.77. The van der Waals surface area contributed by atoms with Gasteiger partial charge in [-0.05, 0) is 53.7 Å². The van der Waals surface area contributed by atoms with Gasteiger partial charge in [-0.2, -0.15) is 0 Å². The third-order valence-corrected chi connectivity index (χ3v) is 5.25. The molecule has 1 aliphatic rings. The highest BCUT2D eigenvalue weighted by Gasteiger charge is 2.28. The molecule has 1 aromatic heterocycles. The Bertz CT molecular complexity index is 374. The van der Waals surface area contributed by atoms with Crippen LogP contribution in [0.1, 0.15) is 38.0 Å². The average molecular weight is 345 g/mol. The third-order valence-electron chi connectivity index (χ3n) is 3.55. The molecular weight excluding hydrogens is 320 g/mol. The maximum Gasteiger partial charge on any atom is 0.0300 e. The highest BCUT2D eigenvalue weighted by molar-refractivity contribution is 9.10. The summed E-state index contributed by atoms with van der Waals surface area (Å²) in [6, 6.07) is 3.09. The van der Waals surface area contributed by atoms with Crippen LogP contribution >= 0.6 is 27.3 Å². The number of nitrogens with one attached hydrogen (secondary N) is 1. The molecule has 0 aromatic carbocycles. The molecule has 1 heterocycles. The summed E-state index contributed by atoms with van der Waals surface area (Å²) in [5, 5.41) is 5.71. The van der Waals surface area contributed by atoms with Crippen LogP contribution in [-0.2, 0) is 6.54 Å². The summed E-state index contributed by atoms with van der Waals surface area (Å²) in [6.07, 6.45) is 4.15. The van der Waals surface area contributed by atoms with Crippen LogP contribution in [0, 0.1) is 5.92 Å². The minimum absolute atomic E-state index is 0.817. The van der Waals surface area contributed by atoms with Gasteiger partial charge in [0.05, 0.1) is 0 Å². The molecule has 0 atom stereocenters. The van der Waals surface area contributed by atoms with Crippen LogP contribution in [0.3, 0.4) is 0 Å². The van der Waals surface area contributed by atoms with E-state index in [4.69, 9.17) is 0 Å². The van der Waals surface area contributed by atoms with E-state index < -0.39 is 0 Å². The van der Waals surface area contributed by atoms with E-state index in [2.05, 4.69) is 51.4 Å². The van der Waals surface area contributed by atoms with Crippen LogP contribution in [0.2, 0.25) is 0 Å². The summed E-state index contributed by atoms with van der Waals surface area (Å²) in [4.78, 5) is 4.09. The van der Waals surface area contributed by atoms with Crippen molar-refractivity contribution in [2.75, 3.05) is 19.6 Å². The second kappa shape index (κ2) is 7.77. The zero-order valence-electron chi connectivity index (χ0n) is 12.0. The van der Waals surface area contributed by atoms with Gasteiger partial charge in [-0.15, -0.1) is 11.3 Å². The molecule has 0 amide bonds. The fraction of sp³-hybridized carbons (Fsp3) is 0.733. The summed E-state index contributed by atoms with van der Waals surface area (Å²) in [7, 11) is 0. The van der Waals surface area contributed by atoms with E-state index in [0.29, 0.717) is 0 Å². The van der Waals surface area contributed by atoms with E-state index >= 15 is 0 Å². The molecule has 1 N–H and O–H groups in total. The zero-order valence-corrected chi connectivity index (χ0v) is 14.4. The molecule has 0 saturated heterocycles. The van der Waals surface area contributed by atoms with Gasteiger partial charge >= 0.3 is 0 Å². The van der Waals surface area contributed by atoms with Crippen LogP contribution in [0.25, 0.3) is 0 Å². The van der Waals surface area contributed by atoms with Gasteiger partial charge in [0.15, 0.2) is 0 Å². The van der Waals surface area contributed by atoms with Gasteiger partial charge in [0.2, 0.25) is 0 Å². The van der Waals surface area contributed by atoms with Crippen molar-refractivity contribution in [2.45, 2.75) is 45.7 Å². The average Bonchev–Trinajstić information content (AvgIpc) is 3.11. The lowest BCUT2D eigenvalue weighted by Crippen LogP contribution is -2.34. The van der Waals surface area contributed by atoms with E-state index in [1.165, 1.54) is 41.7 Å². The van der Waals surface area contributed by atoms with E-state index in [9.17, 15) is 0 Å². The van der Waals surface area contributed by atoms with Gasteiger partial charge in [0.25, 0.3) is 0 Å². The lowest BCUT2D eigenvalue weighted by molar-refractivity contribution is 0.247. The van der Waals surface area contributed by atoms with E-state index in [0.717, 1.165) is 25.0 Å². The number of hydrogen-bond acceptors (Lipinski definition) is 3. The molecule has 0 unspecified atom stereocenters. The SMILES string of the molecule is CC(C)CCN(CCNCc1cc(Br)cs1)C1CC1. The Balaban J connectivity index is 1.62. The van der Waals surface area contributed by atoms with E-state index in [1.807, 2.05) is 11.3 Å². The monoisotopic (exact) mass is 344 g/mol. The maximum atomic E-state index is 3.56. The molecule has 1 aliphatic carbocycles. The lowest BCUT2D eigenvalue weighted by Gasteiger charge is -2.23. The predicted molar refractivity (Wildman–Crippen MR) is 87.8 cm³/mol. The fourth-order valence-electron chi connectivity index (χ4n) is 2.22. The van der Waals surface area contributed by atoms with Gasteiger partial charge in [-0.25, -0.2) is 0 Å². The minimum atomic E-state index is 0.817. The molecule has 2 rings (SSSR count). The summed E-state index contributed by atoms with van der Waals surface area (Å²) < 4.78 is 1.20. The minimum Gasteiger partial charge on any atom is -0.311 e. The molecule has 19 heavy (non-hydrogen) atoms. The maximum absolute atomic E-state index is 3.56. The summed E-state index contributed by atoms with van der Waals surface area (Å²) >= 11 is 5.32.